The van der Waals surface area contributed by atoms with Crippen molar-refractivity contribution in [2.45, 2.75) is 0 Å². The van der Waals surface area contributed by atoms with Gasteiger partial charge in [0.25, 0.3) is 5.91 Å². The summed E-state index contributed by atoms with van der Waals surface area (Å²) >= 11 is 0. The molecular formula is C22H16N2O3. The fourth-order valence-corrected chi connectivity index (χ4v) is 3.16. The van der Waals surface area contributed by atoms with Gasteiger partial charge in [-0.3, -0.25) is 4.79 Å². The van der Waals surface area contributed by atoms with Crippen LogP contribution >= 0.6 is 0 Å². The van der Waals surface area contributed by atoms with Crippen LogP contribution in [0.1, 0.15) is 21.5 Å². The molecule has 5 heteroatoms. The molecule has 4 rings (SSSR count). The van der Waals surface area contributed by atoms with Crippen LogP contribution in [-0.2, 0) is 4.79 Å². The Hall–Kier alpha value is -3.86. The molecule has 0 spiro atoms. The van der Waals surface area contributed by atoms with Crippen molar-refractivity contribution in [1.29, 1.82) is 0 Å². The molecule has 0 aromatic heterocycles. The number of rotatable bonds is 4. The first-order valence-electron chi connectivity index (χ1n) is 8.45. The lowest BCUT2D eigenvalue weighted by Crippen LogP contribution is -2.11. The van der Waals surface area contributed by atoms with Crippen LogP contribution in [0.25, 0.3) is 11.3 Å². The summed E-state index contributed by atoms with van der Waals surface area (Å²) < 4.78 is 0. The molecule has 1 amide bonds. The van der Waals surface area contributed by atoms with E-state index in [9.17, 15) is 14.7 Å². The fraction of sp³-hybridized carbons (Fsp3) is 0. The Bertz CT molecular complexity index is 1070. The van der Waals surface area contributed by atoms with Gasteiger partial charge in [-0.25, -0.2) is 4.79 Å². The van der Waals surface area contributed by atoms with Crippen molar-refractivity contribution in [2.75, 3.05) is 10.6 Å². The van der Waals surface area contributed by atoms with Gasteiger partial charge in [-0.05, 0) is 23.8 Å². The Morgan fingerprint density at radius 1 is 0.852 bits per heavy atom. The lowest BCUT2D eigenvalue weighted by molar-refractivity contribution is -0.110. The van der Waals surface area contributed by atoms with Crippen molar-refractivity contribution in [3.8, 4) is 0 Å². The molecule has 0 fully saturated rings. The van der Waals surface area contributed by atoms with Gasteiger partial charge in [0.05, 0.1) is 22.5 Å². The maximum Gasteiger partial charge on any atom is 0.337 e. The average Bonchev–Trinajstić information content (AvgIpc) is 3.02. The fourth-order valence-electron chi connectivity index (χ4n) is 3.16. The normalized spacial score (nSPS) is 14.3. The van der Waals surface area contributed by atoms with E-state index in [0.29, 0.717) is 17.0 Å². The number of carboxylic acids is 1. The molecule has 5 nitrogen and oxygen atoms in total. The van der Waals surface area contributed by atoms with E-state index < -0.39 is 5.97 Å². The minimum Gasteiger partial charge on any atom is -0.478 e. The van der Waals surface area contributed by atoms with Crippen LogP contribution in [0.2, 0.25) is 0 Å². The van der Waals surface area contributed by atoms with Crippen LogP contribution in [0.3, 0.4) is 0 Å². The summed E-state index contributed by atoms with van der Waals surface area (Å²) in [4.78, 5) is 24.3. The van der Waals surface area contributed by atoms with Gasteiger partial charge in [0, 0.05) is 11.3 Å². The third kappa shape index (κ3) is 3.06. The number of hydrogen-bond donors (Lipinski definition) is 3. The van der Waals surface area contributed by atoms with Crippen molar-refractivity contribution in [3.63, 3.8) is 0 Å². The van der Waals surface area contributed by atoms with E-state index in [0.717, 1.165) is 16.8 Å². The second kappa shape index (κ2) is 6.80. The second-order valence-electron chi connectivity index (χ2n) is 6.09. The third-order valence-electron chi connectivity index (χ3n) is 4.40. The number of hydrogen-bond acceptors (Lipinski definition) is 3. The Balaban J connectivity index is 1.93. The SMILES string of the molecule is O=C1Nc2ccccc2C1=C(Nc1ccccc1C(=O)O)c1ccccc1. The first-order valence-corrected chi connectivity index (χ1v) is 8.45. The van der Waals surface area contributed by atoms with Crippen molar-refractivity contribution >= 4 is 34.5 Å². The molecule has 132 valence electrons. The molecule has 1 heterocycles. The van der Waals surface area contributed by atoms with Crippen molar-refractivity contribution in [1.82, 2.24) is 0 Å². The molecule has 3 aromatic rings. The van der Waals surface area contributed by atoms with Gasteiger partial charge < -0.3 is 15.7 Å². The predicted octanol–water partition coefficient (Wildman–Crippen LogP) is 4.32. The molecule has 0 saturated carbocycles. The second-order valence-corrected chi connectivity index (χ2v) is 6.09. The van der Waals surface area contributed by atoms with Crippen LogP contribution in [0.4, 0.5) is 11.4 Å². The van der Waals surface area contributed by atoms with Crippen molar-refractivity contribution in [2.24, 2.45) is 0 Å². The van der Waals surface area contributed by atoms with E-state index >= 15 is 0 Å². The largest absolute Gasteiger partial charge is 0.478 e. The molecular weight excluding hydrogens is 340 g/mol. The lowest BCUT2D eigenvalue weighted by Gasteiger charge is -2.16. The lowest BCUT2D eigenvalue weighted by atomic mass is 9.99. The van der Waals surface area contributed by atoms with Crippen molar-refractivity contribution < 1.29 is 14.7 Å². The minimum atomic E-state index is -1.04. The average molecular weight is 356 g/mol. The number of carboxylic acid groups (broad SMARTS) is 1. The van der Waals surface area contributed by atoms with Gasteiger partial charge in [0.15, 0.2) is 0 Å². The molecule has 3 aromatic carbocycles. The zero-order valence-corrected chi connectivity index (χ0v) is 14.3. The highest BCUT2D eigenvalue weighted by molar-refractivity contribution is 6.37. The standard InChI is InChI=1S/C22H16N2O3/c25-21-19(15-10-4-6-12-17(15)24-21)20(14-8-2-1-3-9-14)23-18-13-7-5-11-16(18)22(26)27/h1-13,23H,(H,24,25)(H,26,27). The van der Waals surface area contributed by atoms with E-state index in [2.05, 4.69) is 10.6 Å². The van der Waals surface area contributed by atoms with Crippen molar-refractivity contribution in [3.05, 3.63) is 95.6 Å². The molecule has 27 heavy (non-hydrogen) atoms. The minimum absolute atomic E-state index is 0.137. The zero-order valence-electron chi connectivity index (χ0n) is 14.3. The van der Waals surface area contributed by atoms with Gasteiger partial charge >= 0.3 is 5.97 Å². The number of para-hydroxylation sites is 2. The summed E-state index contributed by atoms with van der Waals surface area (Å²) in [6.45, 7) is 0. The number of amides is 1. The van der Waals surface area contributed by atoms with E-state index in [1.165, 1.54) is 6.07 Å². The first-order chi connectivity index (χ1) is 13.1. The van der Waals surface area contributed by atoms with Crippen LogP contribution in [0, 0.1) is 0 Å². The number of carbonyl (C=O) groups excluding carboxylic acids is 1. The Morgan fingerprint density at radius 2 is 1.52 bits per heavy atom. The summed E-state index contributed by atoms with van der Waals surface area (Å²) in [7, 11) is 0. The van der Waals surface area contributed by atoms with Gasteiger partial charge in [-0.2, -0.15) is 0 Å². The molecule has 1 aliphatic rings. The summed E-state index contributed by atoms with van der Waals surface area (Å²) in [6.07, 6.45) is 0. The van der Waals surface area contributed by atoms with E-state index in [1.807, 2.05) is 54.6 Å². The highest BCUT2D eigenvalue weighted by atomic mass is 16.4. The highest BCUT2D eigenvalue weighted by Gasteiger charge is 2.28. The van der Waals surface area contributed by atoms with E-state index in [-0.39, 0.29) is 11.5 Å². The van der Waals surface area contributed by atoms with Gasteiger partial charge in [-0.15, -0.1) is 0 Å². The maximum absolute atomic E-state index is 12.7. The Kier molecular flexibility index (Phi) is 4.18. The number of carbonyl (C=O) groups is 2. The van der Waals surface area contributed by atoms with Crippen LogP contribution < -0.4 is 10.6 Å². The summed E-state index contributed by atoms with van der Waals surface area (Å²) in [5.41, 5.74) is 3.91. The summed E-state index contributed by atoms with van der Waals surface area (Å²) in [5, 5.41) is 15.6. The molecule has 1 aliphatic heterocycles. The Morgan fingerprint density at radius 3 is 2.30 bits per heavy atom. The molecule has 0 unspecified atom stereocenters. The predicted molar refractivity (Wildman–Crippen MR) is 105 cm³/mol. The molecule has 0 aliphatic carbocycles. The first kappa shape index (κ1) is 16.6. The van der Waals surface area contributed by atoms with Gasteiger partial charge in [0.1, 0.15) is 0 Å². The number of nitrogens with one attached hydrogen (secondary N) is 2. The summed E-state index contributed by atoms with van der Waals surface area (Å²) in [6, 6.07) is 23.5. The maximum atomic E-state index is 12.7. The Labute approximate surface area is 156 Å². The van der Waals surface area contributed by atoms with Crippen LogP contribution in [-0.4, -0.2) is 17.0 Å². The number of fused-ring (bicyclic) bond motifs is 1. The van der Waals surface area contributed by atoms with Gasteiger partial charge in [-0.1, -0.05) is 60.7 Å². The number of anilines is 2. The smallest absolute Gasteiger partial charge is 0.337 e. The number of benzene rings is 3. The topological polar surface area (TPSA) is 78.4 Å². The quantitative estimate of drug-likeness (QED) is 0.609. The zero-order chi connectivity index (χ0) is 18.8. The van der Waals surface area contributed by atoms with Crippen LogP contribution in [0.15, 0.2) is 78.9 Å². The molecule has 0 atom stereocenters. The summed E-state index contributed by atoms with van der Waals surface area (Å²) in [5.74, 6) is -1.26. The van der Waals surface area contributed by atoms with Crippen LogP contribution in [0.5, 0.6) is 0 Å². The monoisotopic (exact) mass is 356 g/mol. The van der Waals surface area contributed by atoms with Gasteiger partial charge in [0.2, 0.25) is 0 Å². The number of aromatic carboxylic acids is 1. The van der Waals surface area contributed by atoms with E-state index in [1.54, 1.807) is 18.2 Å². The molecule has 0 bridgehead atoms. The molecule has 0 radical (unpaired) electrons. The third-order valence-corrected chi connectivity index (χ3v) is 4.40. The molecule has 3 N–H and O–H groups in total. The molecule has 0 saturated heterocycles. The van der Waals surface area contributed by atoms with E-state index in [4.69, 9.17) is 0 Å². The highest BCUT2D eigenvalue weighted by Crippen LogP contribution is 2.37.